The summed E-state index contributed by atoms with van der Waals surface area (Å²) < 4.78 is 27.2. The first-order chi connectivity index (χ1) is 5.63. The first kappa shape index (κ1) is 7.62. The molecule has 4 atom stereocenters. The highest BCUT2D eigenvalue weighted by Gasteiger charge is 2.32. The minimum Gasteiger partial charge on any atom is -0.566 e. The number of ether oxygens (including phenoxy) is 1. The van der Waals surface area contributed by atoms with E-state index >= 15 is 0 Å². The molecule has 11 heavy (non-hydrogen) atoms. The lowest BCUT2D eigenvalue weighted by molar-refractivity contribution is -0.190. The van der Waals surface area contributed by atoms with Crippen molar-refractivity contribution in [1.82, 2.24) is 0 Å². The molecule has 0 saturated carbocycles. The van der Waals surface area contributed by atoms with Crippen molar-refractivity contribution >= 4 is 8.25 Å². The van der Waals surface area contributed by atoms with E-state index in [-0.39, 0.29) is 6.10 Å². The standard InChI is InChI=1S/C6H11O4P/c1-2-5-6(3-4-9-5)10-11(7)8/h5-6H,2-4H2,1H3/t5-,6-/m1/s1/i4T/t4-,5+,6+/m0. The molecule has 4 nitrogen and oxygen atoms in total. The van der Waals surface area contributed by atoms with Crippen LogP contribution in [0.5, 0.6) is 0 Å². The fraction of sp³-hybridized carbons (Fsp3) is 1.00. The predicted molar refractivity (Wildman–Crippen MR) is 37.1 cm³/mol. The van der Waals surface area contributed by atoms with E-state index in [2.05, 4.69) is 4.52 Å². The fourth-order valence-corrected chi connectivity index (χ4v) is 1.54. The highest BCUT2D eigenvalue weighted by Crippen LogP contribution is 2.26. The lowest BCUT2D eigenvalue weighted by Crippen LogP contribution is -2.22. The van der Waals surface area contributed by atoms with E-state index in [1.54, 1.807) is 0 Å². The van der Waals surface area contributed by atoms with Gasteiger partial charge >= 0.3 is 8.25 Å². The quantitative estimate of drug-likeness (QED) is 0.596. The Morgan fingerprint density at radius 1 is 2.00 bits per heavy atom. The second kappa shape index (κ2) is 4.12. The van der Waals surface area contributed by atoms with Gasteiger partial charge in [0, 0.05) is 13.0 Å². The largest absolute Gasteiger partial charge is 0.566 e. The molecule has 0 amide bonds. The highest BCUT2D eigenvalue weighted by atomic mass is 31.1. The van der Waals surface area contributed by atoms with Gasteiger partial charge < -0.3 is 9.63 Å². The monoisotopic (exact) mass is 180 g/mol. The fourth-order valence-electron chi connectivity index (χ4n) is 1.09. The predicted octanol–water partition coefficient (Wildman–Crippen LogP) is 0.588. The van der Waals surface area contributed by atoms with Crippen molar-refractivity contribution in [1.29, 1.82) is 0 Å². The molecule has 1 unspecified atom stereocenters. The molecule has 5 heteroatoms. The molecular formula is C6H11O4P. The van der Waals surface area contributed by atoms with Crippen LogP contribution in [0, 0.1) is 0 Å². The summed E-state index contributed by atoms with van der Waals surface area (Å²) in [5, 5.41) is 0. The van der Waals surface area contributed by atoms with Crippen molar-refractivity contribution in [3.63, 3.8) is 0 Å². The molecule has 0 aromatic carbocycles. The topological polar surface area (TPSA) is 58.6 Å². The van der Waals surface area contributed by atoms with Crippen LogP contribution in [-0.2, 0) is 13.8 Å². The summed E-state index contributed by atoms with van der Waals surface area (Å²) in [6.07, 6.45) is 0.296. The first-order valence-corrected chi connectivity index (χ1v) is 4.62. The van der Waals surface area contributed by atoms with Gasteiger partial charge in [0.2, 0.25) is 0 Å². The molecular weight excluding hydrogens is 167 g/mol. The van der Waals surface area contributed by atoms with Gasteiger partial charge in [-0.15, -0.1) is 4.52 Å². The normalized spacial score (nSPS) is 40.4. The summed E-state index contributed by atoms with van der Waals surface area (Å²) >= 11 is 0. The molecule has 0 radical (unpaired) electrons. The van der Waals surface area contributed by atoms with Crippen molar-refractivity contribution in [2.24, 2.45) is 0 Å². The zero-order valence-corrected chi connectivity index (χ0v) is 7.12. The van der Waals surface area contributed by atoms with E-state index in [1.165, 1.54) is 0 Å². The highest BCUT2D eigenvalue weighted by molar-refractivity contribution is 7.30. The second-order valence-corrected chi connectivity index (χ2v) is 3.01. The maximum atomic E-state index is 10.2. The van der Waals surface area contributed by atoms with Crippen LogP contribution in [0.25, 0.3) is 0 Å². The molecule has 1 aliphatic heterocycles. The van der Waals surface area contributed by atoms with Gasteiger partial charge in [-0.05, 0) is 11.0 Å². The van der Waals surface area contributed by atoms with Crippen LogP contribution in [0.4, 0.5) is 0 Å². The van der Waals surface area contributed by atoms with Crippen LogP contribution < -0.4 is 4.89 Å². The number of hydrogen-bond acceptors (Lipinski definition) is 4. The van der Waals surface area contributed by atoms with Gasteiger partial charge in [-0.3, -0.25) is 0 Å². The third-order valence-corrected chi connectivity index (χ3v) is 2.08. The zero-order valence-electron chi connectivity index (χ0n) is 7.23. The Labute approximate surface area is 67.9 Å². The molecule has 1 saturated heterocycles. The van der Waals surface area contributed by atoms with E-state index in [0.29, 0.717) is 12.8 Å². The van der Waals surface area contributed by atoms with E-state index in [0.717, 1.165) is 0 Å². The Morgan fingerprint density at radius 2 is 2.73 bits per heavy atom. The molecule has 0 aliphatic carbocycles. The van der Waals surface area contributed by atoms with Crippen LogP contribution in [0.1, 0.15) is 21.1 Å². The lowest BCUT2D eigenvalue weighted by Gasteiger charge is -2.10. The minimum absolute atomic E-state index is 0.250. The third kappa shape index (κ3) is 2.49. The van der Waals surface area contributed by atoms with Gasteiger partial charge in [0.15, 0.2) is 0 Å². The summed E-state index contributed by atoms with van der Waals surface area (Å²) in [4.78, 5) is 10.2. The van der Waals surface area contributed by atoms with Gasteiger partial charge in [-0.2, -0.15) is 0 Å². The first-order valence-electron chi connectivity index (χ1n) is 4.10. The molecule has 1 fully saturated rings. The zero-order chi connectivity index (χ0) is 9.14. The van der Waals surface area contributed by atoms with Crippen molar-refractivity contribution in [2.75, 3.05) is 6.58 Å². The molecule has 0 N–H and O–H groups in total. The van der Waals surface area contributed by atoms with Gasteiger partial charge in [-0.1, -0.05) is 6.92 Å². The summed E-state index contributed by atoms with van der Waals surface area (Å²) in [5.41, 5.74) is 0. The number of hydrogen-bond donors (Lipinski definition) is 0. The molecule has 1 heterocycles. The summed E-state index contributed by atoms with van der Waals surface area (Å²) in [5.74, 6) is 0. The lowest BCUT2D eigenvalue weighted by atomic mass is 10.1. The van der Waals surface area contributed by atoms with Gasteiger partial charge in [0.05, 0.1) is 7.47 Å². The molecule has 0 aromatic heterocycles. The molecule has 0 bridgehead atoms. The molecule has 1 aliphatic rings. The second-order valence-electron chi connectivity index (χ2n) is 2.35. The van der Waals surface area contributed by atoms with Crippen molar-refractivity contribution in [3.05, 3.63) is 0 Å². The Kier molecular flexibility index (Phi) is 2.85. The number of rotatable bonds is 3. The Bertz CT molecular complexity index is 177. The molecule has 64 valence electrons. The maximum absolute atomic E-state index is 10.2. The Morgan fingerprint density at radius 3 is 3.27 bits per heavy atom. The minimum atomic E-state index is -2.83. The average molecular weight is 180 g/mol. The third-order valence-electron chi connectivity index (χ3n) is 1.64. The average Bonchev–Trinajstić information content (AvgIpc) is 2.29. The molecule has 1 rings (SSSR count). The van der Waals surface area contributed by atoms with Crippen LogP contribution in [0.3, 0.4) is 0 Å². The van der Waals surface area contributed by atoms with Crippen LogP contribution in [0.15, 0.2) is 0 Å². The Balaban J connectivity index is 2.46. The van der Waals surface area contributed by atoms with E-state index < -0.39 is 20.9 Å². The summed E-state index contributed by atoms with van der Waals surface area (Å²) in [7, 11) is -2.83. The molecule has 0 aromatic rings. The molecule has 0 spiro atoms. The van der Waals surface area contributed by atoms with E-state index in [4.69, 9.17) is 6.11 Å². The smallest absolute Gasteiger partial charge is 0.488 e. The maximum Gasteiger partial charge on any atom is 0.488 e. The van der Waals surface area contributed by atoms with Crippen molar-refractivity contribution in [3.8, 4) is 0 Å². The SMILES string of the molecule is [3H][C@H]1C[C@@H](O[P+](=O)[O-])[C@@H](CC)O1. The van der Waals surface area contributed by atoms with E-state index in [9.17, 15) is 9.46 Å². The van der Waals surface area contributed by atoms with Crippen molar-refractivity contribution in [2.45, 2.75) is 32.0 Å². The van der Waals surface area contributed by atoms with Crippen LogP contribution in [0.2, 0.25) is 0 Å². The summed E-state index contributed by atoms with van der Waals surface area (Å²) in [6.45, 7) is 1.23. The van der Waals surface area contributed by atoms with Crippen molar-refractivity contribution < 1.29 is 20.1 Å². The van der Waals surface area contributed by atoms with Gasteiger partial charge in [0.25, 0.3) is 0 Å². The van der Waals surface area contributed by atoms with E-state index in [1.807, 2.05) is 6.92 Å². The summed E-state index contributed by atoms with van der Waals surface area (Å²) in [6, 6.07) is 0. The van der Waals surface area contributed by atoms with Gasteiger partial charge in [-0.25, -0.2) is 0 Å². The van der Waals surface area contributed by atoms with Crippen LogP contribution in [-0.4, -0.2) is 18.8 Å². The Hall–Kier alpha value is -0.0200. The van der Waals surface area contributed by atoms with Crippen LogP contribution >= 0.6 is 8.25 Å². The van der Waals surface area contributed by atoms with Gasteiger partial charge in [0.1, 0.15) is 6.10 Å².